The molecule has 0 saturated heterocycles. The smallest absolute Gasteiger partial charge is 0.311 e. The quantitative estimate of drug-likeness (QED) is 0.477. The minimum Gasteiger partial charge on any atom is -0.502 e. The predicted molar refractivity (Wildman–Crippen MR) is 48.8 cm³/mol. The van der Waals surface area contributed by atoms with Crippen molar-refractivity contribution in [3.8, 4) is 5.75 Å². The van der Waals surface area contributed by atoms with Crippen molar-refractivity contribution in [2.45, 2.75) is 6.10 Å². The maximum absolute atomic E-state index is 10.4. The first kappa shape index (κ1) is 10.4. The lowest BCUT2D eigenvalue weighted by Crippen LogP contribution is -2.11. The maximum Gasteiger partial charge on any atom is 0.311 e. The number of aliphatic hydroxyl groups excluding tert-OH is 1. The van der Waals surface area contributed by atoms with E-state index in [1.54, 1.807) is 0 Å². The van der Waals surface area contributed by atoms with Crippen LogP contribution in [0.1, 0.15) is 11.7 Å². The second-order valence-electron chi connectivity index (χ2n) is 2.76. The van der Waals surface area contributed by atoms with E-state index in [1.807, 2.05) is 0 Å². The molecule has 0 fully saturated rings. The molecule has 1 atom stereocenters. The predicted octanol–water partition coefficient (Wildman–Crippen LogP) is 0.292. The van der Waals surface area contributed by atoms with Gasteiger partial charge in [-0.25, -0.2) is 0 Å². The fraction of sp³-hybridized carbons (Fsp3) is 0.250. The first-order valence-corrected chi connectivity index (χ1v) is 3.91. The van der Waals surface area contributed by atoms with Crippen LogP contribution in [0, 0.1) is 10.1 Å². The number of aromatic hydroxyl groups is 1. The summed E-state index contributed by atoms with van der Waals surface area (Å²) in [6, 6.07) is 3.65. The number of nitrogens with zero attached hydrogens (tertiary/aromatic N) is 1. The van der Waals surface area contributed by atoms with E-state index in [9.17, 15) is 15.2 Å². The summed E-state index contributed by atoms with van der Waals surface area (Å²) in [5.74, 6) is -0.428. The molecule has 0 aliphatic heterocycles. The summed E-state index contributed by atoms with van der Waals surface area (Å²) in [5.41, 5.74) is 5.07. The van der Waals surface area contributed by atoms with Gasteiger partial charge in [-0.1, -0.05) is 6.07 Å². The third kappa shape index (κ3) is 1.98. The van der Waals surface area contributed by atoms with Crippen LogP contribution in [0.25, 0.3) is 0 Å². The summed E-state index contributed by atoms with van der Waals surface area (Å²) in [6.07, 6.45) is -0.950. The number of aliphatic hydroxyl groups is 1. The topological polar surface area (TPSA) is 110 Å². The van der Waals surface area contributed by atoms with Crippen molar-refractivity contribution in [2.75, 3.05) is 6.54 Å². The summed E-state index contributed by atoms with van der Waals surface area (Å²) in [4.78, 5) is 9.70. The number of phenolic OH excluding ortho intramolecular Hbond substituents is 1. The van der Waals surface area contributed by atoms with Crippen molar-refractivity contribution in [1.82, 2.24) is 0 Å². The van der Waals surface area contributed by atoms with E-state index in [-0.39, 0.29) is 6.54 Å². The van der Waals surface area contributed by atoms with E-state index < -0.39 is 22.5 Å². The van der Waals surface area contributed by atoms with Crippen LogP contribution in [0.15, 0.2) is 18.2 Å². The van der Waals surface area contributed by atoms with Crippen LogP contribution in [-0.2, 0) is 0 Å². The van der Waals surface area contributed by atoms with Crippen LogP contribution >= 0.6 is 0 Å². The number of hydrogen-bond donors (Lipinski definition) is 3. The maximum atomic E-state index is 10.4. The zero-order valence-electron chi connectivity index (χ0n) is 7.25. The fourth-order valence-electron chi connectivity index (χ4n) is 1.03. The Bertz CT molecular complexity index is 353. The molecular formula is C8H10N2O4. The molecule has 0 aliphatic rings. The average Bonchev–Trinajstić information content (AvgIpc) is 2.17. The molecular weight excluding hydrogens is 188 g/mol. The molecule has 0 amide bonds. The first-order chi connectivity index (χ1) is 6.56. The number of rotatable bonds is 3. The van der Waals surface area contributed by atoms with Crippen LogP contribution < -0.4 is 5.73 Å². The molecule has 1 aromatic carbocycles. The largest absolute Gasteiger partial charge is 0.502 e. The highest BCUT2D eigenvalue weighted by Crippen LogP contribution is 2.28. The second-order valence-corrected chi connectivity index (χ2v) is 2.76. The molecule has 0 spiro atoms. The van der Waals surface area contributed by atoms with Gasteiger partial charge in [0.15, 0.2) is 5.75 Å². The molecule has 0 heterocycles. The van der Waals surface area contributed by atoms with Crippen LogP contribution in [0.2, 0.25) is 0 Å². The highest BCUT2D eigenvalue weighted by Gasteiger charge is 2.16. The molecule has 0 aliphatic carbocycles. The molecule has 4 N–H and O–H groups in total. The zero-order valence-corrected chi connectivity index (χ0v) is 7.25. The number of hydrogen-bond acceptors (Lipinski definition) is 5. The monoisotopic (exact) mass is 198 g/mol. The third-order valence-corrected chi connectivity index (χ3v) is 1.80. The summed E-state index contributed by atoms with van der Waals surface area (Å²) in [5, 5.41) is 28.8. The molecule has 1 rings (SSSR count). The van der Waals surface area contributed by atoms with Crippen molar-refractivity contribution < 1.29 is 15.1 Å². The van der Waals surface area contributed by atoms with Crippen LogP contribution in [0.4, 0.5) is 5.69 Å². The van der Waals surface area contributed by atoms with E-state index in [4.69, 9.17) is 10.8 Å². The van der Waals surface area contributed by atoms with Gasteiger partial charge in [-0.15, -0.1) is 0 Å². The van der Waals surface area contributed by atoms with Crippen LogP contribution in [-0.4, -0.2) is 21.7 Å². The molecule has 14 heavy (non-hydrogen) atoms. The summed E-state index contributed by atoms with van der Waals surface area (Å²) < 4.78 is 0. The number of nitro groups is 1. The van der Waals surface area contributed by atoms with Gasteiger partial charge in [0.25, 0.3) is 0 Å². The second kappa shape index (κ2) is 4.03. The Balaban J connectivity index is 3.12. The number of benzene rings is 1. The van der Waals surface area contributed by atoms with Gasteiger partial charge < -0.3 is 15.9 Å². The lowest BCUT2D eigenvalue weighted by Gasteiger charge is -2.07. The summed E-state index contributed by atoms with van der Waals surface area (Å²) in [7, 11) is 0. The van der Waals surface area contributed by atoms with E-state index in [1.165, 1.54) is 6.07 Å². The molecule has 0 bridgehead atoms. The third-order valence-electron chi connectivity index (χ3n) is 1.80. The van der Waals surface area contributed by atoms with Gasteiger partial charge in [0.1, 0.15) is 0 Å². The van der Waals surface area contributed by atoms with E-state index >= 15 is 0 Å². The van der Waals surface area contributed by atoms with Gasteiger partial charge in [0, 0.05) is 12.6 Å². The summed E-state index contributed by atoms with van der Waals surface area (Å²) >= 11 is 0. The van der Waals surface area contributed by atoms with Crippen molar-refractivity contribution in [3.63, 3.8) is 0 Å². The van der Waals surface area contributed by atoms with Gasteiger partial charge in [-0.05, 0) is 11.6 Å². The Labute approximate surface area is 79.7 Å². The van der Waals surface area contributed by atoms with Gasteiger partial charge in [-0.2, -0.15) is 0 Å². The zero-order chi connectivity index (χ0) is 10.7. The van der Waals surface area contributed by atoms with Gasteiger partial charge >= 0.3 is 5.69 Å². The van der Waals surface area contributed by atoms with E-state index in [0.717, 1.165) is 12.1 Å². The lowest BCUT2D eigenvalue weighted by molar-refractivity contribution is -0.386. The molecule has 0 aromatic heterocycles. The average molecular weight is 198 g/mol. The normalized spacial score (nSPS) is 12.4. The Morgan fingerprint density at radius 3 is 2.71 bits per heavy atom. The molecule has 0 saturated carbocycles. The lowest BCUT2D eigenvalue weighted by atomic mass is 10.1. The van der Waals surface area contributed by atoms with Crippen LogP contribution in [0.5, 0.6) is 5.75 Å². The van der Waals surface area contributed by atoms with Crippen LogP contribution in [0.3, 0.4) is 0 Å². The molecule has 6 heteroatoms. The molecule has 0 radical (unpaired) electrons. The molecule has 1 aromatic rings. The summed E-state index contributed by atoms with van der Waals surface area (Å²) in [6.45, 7) is -0.0259. The Morgan fingerprint density at radius 2 is 2.21 bits per heavy atom. The number of phenols is 1. The first-order valence-electron chi connectivity index (χ1n) is 3.91. The van der Waals surface area contributed by atoms with Crippen molar-refractivity contribution in [1.29, 1.82) is 0 Å². The Kier molecular flexibility index (Phi) is 3.00. The van der Waals surface area contributed by atoms with E-state index in [0.29, 0.717) is 5.56 Å². The highest BCUT2D eigenvalue weighted by molar-refractivity contribution is 5.48. The Morgan fingerprint density at radius 1 is 1.57 bits per heavy atom. The minimum absolute atomic E-state index is 0.0259. The number of nitrogens with two attached hydrogens (primary N) is 1. The van der Waals surface area contributed by atoms with Crippen molar-refractivity contribution in [2.24, 2.45) is 5.73 Å². The van der Waals surface area contributed by atoms with E-state index in [2.05, 4.69) is 0 Å². The van der Waals surface area contributed by atoms with Gasteiger partial charge in [0.05, 0.1) is 11.0 Å². The fourth-order valence-corrected chi connectivity index (χ4v) is 1.03. The van der Waals surface area contributed by atoms with Crippen molar-refractivity contribution in [3.05, 3.63) is 33.9 Å². The van der Waals surface area contributed by atoms with Gasteiger partial charge in [-0.3, -0.25) is 10.1 Å². The molecule has 1 unspecified atom stereocenters. The molecule has 6 nitrogen and oxygen atoms in total. The molecule has 76 valence electrons. The minimum atomic E-state index is -0.950. The highest BCUT2D eigenvalue weighted by atomic mass is 16.6. The number of nitro benzene ring substituents is 1. The SMILES string of the molecule is NCC(O)c1ccc(O)c([N+](=O)[O-])c1. The van der Waals surface area contributed by atoms with Gasteiger partial charge in [0.2, 0.25) is 0 Å². The standard InChI is InChI=1S/C8H10N2O4/c9-4-8(12)5-1-2-7(11)6(3-5)10(13)14/h1-3,8,11-12H,4,9H2. The Hall–Kier alpha value is -1.66. The van der Waals surface area contributed by atoms with Crippen molar-refractivity contribution >= 4 is 5.69 Å².